The molecule has 11 heteroatoms. The van der Waals surface area contributed by atoms with Crippen LogP contribution in [-0.4, -0.2) is 5.48 Å². The summed E-state index contributed by atoms with van der Waals surface area (Å²) in [7, 11) is -2.50. The summed E-state index contributed by atoms with van der Waals surface area (Å²) in [5.74, 6) is 0. The van der Waals surface area contributed by atoms with Crippen LogP contribution in [0.4, 0.5) is 0 Å². The van der Waals surface area contributed by atoms with Gasteiger partial charge in [0.2, 0.25) is 0 Å². The van der Waals surface area contributed by atoms with E-state index in [1.807, 2.05) is 0 Å². The van der Waals surface area contributed by atoms with Gasteiger partial charge in [0.15, 0.2) is 0 Å². The second kappa shape index (κ2) is 63.3. The first-order valence-corrected chi connectivity index (χ1v) is 2.32. The van der Waals surface area contributed by atoms with Gasteiger partial charge in [-0.2, -0.15) is 0 Å². The van der Waals surface area contributed by atoms with Gasteiger partial charge < -0.3 is 29.2 Å². The van der Waals surface area contributed by atoms with E-state index in [0.29, 0.717) is 0 Å². The average molecular weight is 236 g/mol. The monoisotopic (exact) mass is 236 g/mol. The molecule has 0 aliphatic rings. The van der Waals surface area contributed by atoms with Crippen LogP contribution in [0.2, 0.25) is 0 Å². The summed E-state index contributed by atoms with van der Waals surface area (Å²) in [5, 5.41) is 0. The summed E-state index contributed by atoms with van der Waals surface area (Å²) in [6.45, 7) is 0. The molecule has 1 unspecified atom stereocenters. The Hall–Kier alpha value is 4.37. The standard InChI is InChI=1S/4Na.HO2P.O2P.H2O/c;;;;2*1-3-2;/h;;;;3H;;1H2/q4*+1;;-3;/p-1. The van der Waals surface area contributed by atoms with Crippen molar-refractivity contribution in [3.63, 3.8) is 0 Å². The third-order valence-corrected chi connectivity index (χ3v) is 0. The number of hydrogen-bond donors (Lipinski definition) is 0. The smallest absolute Gasteiger partial charge is 1.00 e. The van der Waals surface area contributed by atoms with Crippen molar-refractivity contribution in [3.05, 3.63) is 0 Å². The second-order valence-corrected chi connectivity index (χ2v) is 0.474. The summed E-state index contributed by atoms with van der Waals surface area (Å²) < 4.78 is 8.40. The molecular formula is H2Na4O5P2. The fourth-order valence-corrected chi connectivity index (χ4v) is 0. The third kappa shape index (κ3) is 115. The Morgan fingerprint density at radius 1 is 1.00 bits per heavy atom. The van der Waals surface area contributed by atoms with E-state index in [1.165, 1.54) is 0 Å². The van der Waals surface area contributed by atoms with Crippen LogP contribution in [0.1, 0.15) is 0 Å². The van der Waals surface area contributed by atoms with Crippen molar-refractivity contribution in [2.45, 2.75) is 0 Å². The zero-order valence-corrected chi connectivity index (χ0v) is 16.9. The number of hydrogen-bond acceptors (Lipinski definition) is 5. The average Bonchev–Trinajstić information content (AvgIpc) is 1.39. The molecule has 0 amide bonds. The van der Waals surface area contributed by atoms with Gasteiger partial charge in [-0.3, -0.25) is 0 Å². The fourth-order valence-electron chi connectivity index (χ4n) is 0. The fraction of sp³-hybridized carbons (Fsp3) is 0. The van der Waals surface area contributed by atoms with Crippen molar-refractivity contribution < 1.29 is 143 Å². The predicted octanol–water partition coefficient (Wildman–Crippen LogP) is -14.4. The summed E-state index contributed by atoms with van der Waals surface area (Å²) in [4.78, 5) is 25.1. The SMILES string of the molecule is O=[PH+][O-].[Na+].[Na+].[Na+].[Na+].[O-][P-][O-].[OH-]. The molecule has 46 valence electrons. The Morgan fingerprint density at radius 3 is 1.00 bits per heavy atom. The zero-order chi connectivity index (χ0) is 5.41. The van der Waals surface area contributed by atoms with E-state index in [9.17, 15) is 0 Å². The van der Waals surface area contributed by atoms with Gasteiger partial charge in [-0.1, -0.05) is 4.57 Å². The molecule has 0 bridgehead atoms. The topological polar surface area (TPSA) is 116 Å². The molecule has 0 spiro atoms. The summed E-state index contributed by atoms with van der Waals surface area (Å²) >= 11 is 0. The maximum Gasteiger partial charge on any atom is 1.00 e. The Bertz CT molecular complexity index is 30.4. The molecule has 0 heterocycles. The molecule has 0 rings (SSSR count). The molecule has 0 aliphatic heterocycles. The molecule has 1 N–H and O–H groups in total. The van der Waals surface area contributed by atoms with E-state index in [1.54, 1.807) is 0 Å². The summed E-state index contributed by atoms with van der Waals surface area (Å²) in [6, 6.07) is 0. The molecule has 11 heavy (non-hydrogen) atoms. The zero-order valence-electron chi connectivity index (χ0n) is 7.03. The molecule has 5 nitrogen and oxygen atoms in total. The Balaban J connectivity index is -0.00000000400. The minimum atomic E-state index is -1.42. The van der Waals surface area contributed by atoms with Crippen molar-refractivity contribution in [3.8, 4) is 0 Å². The van der Waals surface area contributed by atoms with Gasteiger partial charge in [-0.25, -0.2) is 0 Å². The quantitative estimate of drug-likeness (QED) is 0.305. The Labute approximate surface area is 157 Å². The Kier molecular flexibility index (Phi) is 261. The van der Waals surface area contributed by atoms with E-state index in [4.69, 9.17) is 19.2 Å². The summed E-state index contributed by atoms with van der Waals surface area (Å²) in [5.41, 5.74) is 0. The first kappa shape index (κ1) is 45.3. The van der Waals surface area contributed by atoms with Crippen LogP contribution >= 0.6 is 17.7 Å². The first-order valence-electron chi connectivity index (χ1n) is 0.773. The van der Waals surface area contributed by atoms with E-state index >= 15 is 0 Å². The van der Waals surface area contributed by atoms with Crippen molar-refractivity contribution in [1.82, 2.24) is 0 Å². The predicted molar refractivity (Wildman–Crippen MR) is 17.9 cm³/mol. The molecule has 0 saturated carbocycles. The molecule has 0 aromatic heterocycles. The molecule has 0 aromatic carbocycles. The molecule has 0 aliphatic carbocycles. The van der Waals surface area contributed by atoms with Gasteiger partial charge >= 0.3 is 118 Å². The number of rotatable bonds is 0. The largest absolute Gasteiger partial charge is 1.04 e. The van der Waals surface area contributed by atoms with Crippen LogP contribution in [0.25, 0.3) is 0 Å². The van der Waals surface area contributed by atoms with Crippen LogP contribution in [-0.2, 0) is 4.57 Å². The molecule has 0 aromatic rings. The van der Waals surface area contributed by atoms with E-state index in [2.05, 4.69) is 0 Å². The second-order valence-electron chi connectivity index (χ2n) is 0.158. The van der Waals surface area contributed by atoms with Crippen molar-refractivity contribution in [2.24, 2.45) is 0 Å². The van der Waals surface area contributed by atoms with Crippen LogP contribution in [0, 0.1) is 0 Å². The van der Waals surface area contributed by atoms with Gasteiger partial charge in [0.1, 0.15) is 0 Å². The van der Waals surface area contributed by atoms with E-state index < -0.39 is 17.7 Å². The minimum Gasteiger partial charge on any atom is -1.04 e. The van der Waals surface area contributed by atoms with Crippen molar-refractivity contribution >= 4 is 17.7 Å². The van der Waals surface area contributed by atoms with E-state index in [-0.39, 0.29) is 124 Å². The maximum atomic E-state index is 8.40. The van der Waals surface area contributed by atoms with Gasteiger partial charge in [0, 0.05) is 0 Å². The molecule has 0 radical (unpaired) electrons. The van der Waals surface area contributed by atoms with Gasteiger partial charge in [-0.05, 0) is 0 Å². The Morgan fingerprint density at radius 2 is 1.00 bits per heavy atom. The van der Waals surface area contributed by atoms with Crippen molar-refractivity contribution in [2.75, 3.05) is 0 Å². The van der Waals surface area contributed by atoms with Crippen LogP contribution in [0.3, 0.4) is 0 Å². The maximum absolute atomic E-state index is 8.40. The minimum absolute atomic E-state index is 0. The normalized spacial score (nSPS) is 3.55. The van der Waals surface area contributed by atoms with Crippen LogP contribution in [0.5, 0.6) is 0 Å². The van der Waals surface area contributed by atoms with Gasteiger partial charge in [-0.15, -0.1) is 0 Å². The molecule has 1 atom stereocenters. The van der Waals surface area contributed by atoms with Crippen molar-refractivity contribution in [1.29, 1.82) is 0 Å². The molecular weight excluding hydrogens is 234 g/mol. The third-order valence-electron chi connectivity index (χ3n) is 0. The summed E-state index contributed by atoms with van der Waals surface area (Å²) in [6.07, 6.45) is 0. The van der Waals surface area contributed by atoms with Gasteiger partial charge in [0.25, 0.3) is 8.69 Å². The molecule has 0 saturated heterocycles. The van der Waals surface area contributed by atoms with Crippen LogP contribution in [0.15, 0.2) is 0 Å². The van der Waals surface area contributed by atoms with Gasteiger partial charge in [0.05, 0.1) is 0 Å². The molecule has 0 fully saturated rings. The van der Waals surface area contributed by atoms with Crippen LogP contribution < -0.4 is 133 Å². The first-order chi connectivity index (χ1) is 2.83. The van der Waals surface area contributed by atoms with E-state index in [0.717, 1.165) is 0 Å².